The van der Waals surface area contributed by atoms with E-state index in [1.165, 1.54) is 0 Å². The maximum atomic E-state index is 6.13. The third-order valence-corrected chi connectivity index (χ3v) is 4.37. The van der Waals surface area contributed by atoms with E-state index in [-0.39, 0.29) is 0 Å². The lowest BCUT2D eigenvalue weighted by Gasteiger charge is -2.11. The highest BCUT2D eigenvalue weighted by Crippen LogP contribution is 2.33. The Hall–Kier alpha value is -0.510. The molecule has 0 bridgehead atoms. The number of ether oxygens (including phenoxy) is 1. The van der Waals surface area contributed by atoms with Crippen LogP contribution < -0.4 is 4.74 Å². The number of hydrogen-bond acceptors (Lipinski definition) is 1. The summed E-state index contributed by atoms with van der Waals surface area (Å²) in [5.41, 5.74) is 2.09. The van der Waals surface area contributed by atoms with Crippen molar-refractivity contribution in [2.24, 2.45) is 0 Å². The van der Waals surface area contributed by atoms with Crippen LogP contribution in [0.3, 0.4) is 0 Å². The molecule has 2 aromatic rings. The fourth-order valence-corrected chi connectivity index (χ4v) is 2.79. The van der Waals surface area contributed by atoms with Crippen molar-refractivity contribution in [3.05, 3.63) is 57.0 Å². The molecule has 0 aliphatic carbocycles. The summed E-state index contributed by atoms with van der Waals surface area (Å²) in [6.07, 6.45) is 0. The average molecular weight is 391 g/mol. The number of rotatable bonds is 3. The van der Waals surface area contributed by atoms with Crippen LogP contribution in [0.4, 0.5) is 0 Å². The quantitative estimate of drug-likeness (QED) is 0.576. The minimum atomic E-state index is 0.664. The first-order valence-electron chi connectivity index (χ1n) is 5.39. The summed E-state index contributed by atoms with van der Waals surface area (Å²) in [5.74, 6) is 1.58. The van der Waals surface area contributed by atoms with E-state index in [1.807, 2.05) is 43.3 Å². The lowest BCUT2D eigenvalue weighted by atomic mass is 10.2. The molecule has 0 aliphatic heterocycles. The van der Waals surface area contributed by atoms with Crippen LogP contribution in [0.1, 0.15) is 11.1 Å². The zero-order chi connectivity index (χ0) is 13.1. The summed E-state index contributed by atoms with van der Waals surface area (Å²) >= 11 is 13.0. The molecule has 0 saturated carbocycles. The Labute approximate surface area is 128 Å². The van der Waals surface area contributed by atoms with Gasteiger partial charge in [-0.2, -0.15) is 0 Å². The van der Waals surface area contributed by atoms with Crippen molar-refractivity contribution in [3.8, 4) is 11.5 Å². The van der Waals surface area contributed by atoms with Crippen molar-refractivity contribution >= 4 is 43.5 Å². The molecule has 0 radical (unpaired) electrons. The molecular formula is C14H11Br2ClO. The molecule has 0 aliphatic rings. The van der Waals surface area contributed by atoms with E-state index in [9.17, 15) is 0 Å². The van der Waals surface area contributed by atoms with Crippen molar-refractivity contribution in [1.29, 1.82) is 0 Å². The molecule has 2 aromatic carbocycles. The monoisotopic (exact) mass is 388 g/mol. The molecule has 0 N–H and O–H groups in total. The van der Waals surface area contributed by atoms with Crippen LogP contribution in [0.5, 0.6) is 11.5 Å². The SMILES string of the molecule is Cc1cc(Oc2cccc(Cl)c2CBr)ccc1Br. The van der Waals surface area contributed by atoms with Gasteiger partial charge in [-0.3, -0.25) is 0 Å². The second-order valence-corrected chi connectivity index (χ2v) is 5.69. The summed E-state index contributed by atoms with van der Waals surface area (Å²) in [6.45, 7) is 2.03. The van der Waals surface area contributed by atoms with E-state index in [4.69, 9.17) is 16.3 Å². The Morgan fingerprint density at radius 1 is 1.22 bits per heavy atom. The first-order valence-corrected chi connectivity index (χ1v) is 7.68. The summed E-state index contributed by atoms with van der Waals surface area (Å²) in [4.78, 5) is 0. The molecule has 0 unspecified atom stereocenters. The number of aryl methyl sites for hydroxylation is 1. The molecule has 2 rings (SSSR count). The Morgan fingerprint density at radius 3 is 2.67 bits per heavy atom. The van der Waals surface area contributed by atoms with Gasteiger partial charge in [-0.15, -0.1) is 0 Å². The summed E-state index contributed by atoms with van der Waals surface area (Å²) < 4.78 is 6.95. The molecular weight excluding hydrogens is 379 g/mol. The van der Waals surface area contributed by atoms with E-state index in [0.29, 0.717) is 10.4 Å². The highest BCUT2D eigenvalue weighted by Gasteiger charge is 2.08. The highest BCUT2D eigenvalue weighted by atomic mass is 79.9. The van der Waals surface area contributed by atoms with Gasteiger partial charge in [0.1, 0.15) is 11.5 Å². The van der Waals surface area contributed by atoms with Crippen molar-refractivity contribution in [2.45, 2.75) is 12.3 Å². The minimum absolute atomic E-state index is 0.664. The highest BCUT2D eigenvalue weighted by molar-refractivity contribution is 9.10. The van der Waals surface area contributed by atoms with E-state index in [1.54, 1.807) is 0 Å². The van der Waals surface area contributed by atoms with Gasteiger partial charge in [0, 0.05) is 20.4 Å². The molecule has 4 heteroatoms. The lowest BCUT2D eigenvalue weighted by molar-refractivity contribution is 0.478. The molecule has 18 heavy (non-hydrogen) atoms. The zero-order valence-corrected chi connectivity index (χ0v) is 13.6. The number of hydrogen-bond donors (Lipinski definition) is 0. The van der Waals surface area contributed by atoms with Crippen LogP contribution in [0, 0.1) is 6.92 Å². The van der Waals surface area contributed by atoms with Crippen LogP contribution in [0.15, 0.2) is 40.9 Å². The van der Waals surface area contributed by atoms with Gasteiger partial charge < -0.3 is 4.74 Å². The summed E-state index contributed by atoms with van der Waals surface area (Å²) in [6, 6.07) is 11.6. The van der Waals surface area contributed by atoms with Crippen molar-refractivity contribution in [3.63, 3.8) is 0 Å². The van der Waals surface area contributed by atoms with Crippen LogP contribution in [-0.2, 0) is 5.33 Å². The topological polar surface area (TPSA) is 9.23 Å². The van der Waals surface area contributed by atoms with Gasteiger partial charge in [-0.25, -0.2) is 0 Å². The Bertz CT molecular complexity index is 570. The summed E-state index contributed by atoms with van der Waals surface area (Å²) in [5, 5.41) is 1.37. The van der Waals surface area contributed by atoms with Crippen LogP contribution >= 0.6 is 43.5 Å². The molecule has 0 aromatic heterocycles. The lowest BCUT2D eigenvalue weighted by Crippen LogP contribution is -1.91. The Kier molecular flexibility index (Phi) is 4.71. The fraction of sp³-hybridized carbons (Fsp3) is 0.143. The van der Waals surface area contributed by atoms with Crippen LogP contribution in [-0.4, -0.2) is 0 Å². The van der Waals surface area contributed by atoms with E-state index in [2.05, 4.69) is 31.9 Å². The summed E-state index contributed by atoms with van der Waals surface area (Å²) in [7, 11) is 0. The minimum Gasteiger partial charge on any atom is -0.457 e. The third-order valence-electron chi connectivity index (χ3n) is 2.57. The maximum Gasteiger partial charge on any atom is 0.132 e. The van der Waals surface area contributed by atoms with E-state index >= 15 is 0 Å². The van der Waals surface area contributed by atoms with E-state index < -0.39 is 0 Å². The smallest absolute Gasteiger partial charge is 0.132 e. The number of halogens is 3. The number of benzene rings is 2. The van der Waals surface area contributed by atoms with Crippen molar-refractivity contribution in [1.82, 2.24) is 0 Å². The normalized spacial score (nSPS) is 10.4. The third kappa shape index (κ3) is 3.08. The van der Waals surface area contributed by atoms with Crippen LogP contribution in [0.25, 0.3) is 0 Å². The van der Waals surface area contributed by atoms with Crippen molar-refractivity contribution < 1.29 is 4.74 Å². The average Bonchev–Trinajstić information content (AvgIpc) is 2.34. The first-order chi connectivity index (χ1) is 8.61. The van der Waals surface area contributed by atoms with Crippen molar-refractivity contribution in [2.75, 3.05) is 0 Å². The Balaban J connectivity index is 2.34. The molecule has 0 saturated heterocycles. The van der Waals surface area contributed by atoms with Gasteiger partial charge >= 0.3 is 0 Å². The Morgan fingerprint density at radius 2 is 2.00 bits per heavy atom. The standard InChI is InChI=1S/C14H11Br2ClO/c1-9-7-10(5-6-12(9)16)18-14-4-2-3-13(17)11(14)8-15/h2-7H,8H2,1H3. The molecule has 0 fully saturated rings. The zero-order valence-electron chi connectivity index (χ0n) is 9.71. The fourth-order valence-electron chi connectivity index (χ4n) is 1.57. The van der Waals surface area contributed by atoms with Gasteiger partial charge in [0.15, 0.2) is 0 Å². The largest absolute Gasteiger partial charge is 0.457 e. The van der Waals surface area contributed by atoms with E-state index in [0.717, 1.165) is 27.1 Å². The molecule has 94 valence electrons. The predicted molar refractivity (Wildman–Crippen MR) is 83.0 cm³/mol. The first kappa shape index (κ1) is 13.9. The van der Waals surface area contributed by atoms with Gasteiger partial charge in [0.25, 0.3) is 0 Å². The van der Waals surface area contributed by atoms with Gasteiger partial charge in [-0.05, 0) is 42.8 Å². The van der Waals surface area contributed by atoms with Gasteiger partial charge in [0.05, 0.1) is 0 Å². The second-order valence-electron chi connectivity index (χ2n) is 3.86. The van der Waals surface area contributed by atoms with Crippen LogP contribution in [0.2, 0.25) is 5.02 Å². The maximum absolute atomic E-state index is 6.13. The molecule has 0 spiro atoms. The molecule has 1 nitrogen and oxygen atoms in total. The second kappa shape index (κ2) is 6.09. The molecule has 0 amide bonds. The molecule has 0 atom stereocenters. The van der Waals surface area contributed by atoms with Gasteiger partial charge in [0.2, 0.25) is 0 Å². The molecule has 0 heterocycles. The van der Waals surface area contributed by atoms with Gasteiger partial charge in [-0.1, -0.05) is 49.5 Å². The number of alkyl halides is 1. The predicted octanol–water partition coefficient (Wildman–Crippen LogP) is 6.10.